The minimum Gasteiger partial charge on any atom is -0.323 e. The number of H-pyrrole nitrogens is 1. The predicted octanol–water partition coefficient (Wildman–Crippen LogP) is 2.53. The average Bonchev–Trinajstić information content (AvgIpc) is 2.95. The van der Waals surface area contributed by atoms with E-state index in [1.807, 2.05) is 0 Å². The van der Waals surface area contributed by atoms with Crippen LogP contribution in [-0.2, 0) is 0 Å². The molecule has 0 aliphatic carbocycles. The Morgan fingerprint density at radius 2 is 2.19 bits per heavy atom. The van der Waals surface area contributed by atoms with Crippen molar-refractivity contribution in [3.05, 3.63) is 57.3 Å². The first-order valence-corrected chi connectivity index (χ1v) is 6.68. The molecule has 0 aliphatic rings. The van der Waals surface area contributed by atoms with E-state index < -0.39 is 17.4 Å². The summed E-state index contributed by atoms with van der Waals surface area (Å²) in [5.74, 6) is -0.270. The molecule has 0 radical (unpaired) electrons. The van der Waals surface area contributed by atoms with Gasteiger partial charge >= 0.3 is 0 Å². The molecule has 21 heavy (non-hydrogen) atoms. The Labute approximate surface area is 124 Å². The molecule has 7 heteroatoms. The molecule has 0 aliphatic heterocycles. The summed E-state index contributed by atoms with van der Waals surface area (Å²) in [6, 6.07) is 5.39. The van der Waals surface area contributed by atoms with Crippen LogP contribution in [0.2, 0.25) is 5.02 Å². The highest BCUT2D eigenvalue weighted by Crippen LogP contribution is 2.26. The van der Waals surface area contributed by atoms with Crippen molar-refractivity contribution in [3.8, 4) is 5.82 Å². The molecule has 1 atom stereocenters. The molecule has 2 heterocycles. The number of nitrogens with one attached hydrogen (secondary N) is 1. The molecule has 3 rings (SSSR count). The maximum Gasteiger partial charge on any atom is 0.267 e. The monoisotopic (exact) mass is 306 g/mol. The summed E-state index contributed by atoms with van der Waals surface area (Å²) in [6.07, 6.45) is 1.57. The SMILES string of the molecule is C[C@H](N)c1cc2c(Cl)ccc(F)c2c(=O)n1-c1cc[nH]n1. The molecule has 3 aromatic rings. The zero-order chi connectivity index (χ0) is 15.1. The molecule has 108 valence electrons. The Balaban J connectivity index is 2.52. The van der Waals surface area contributed by atoms with Gasteiger partial charge in [-0.1, -0.05) is 11.6 Å². The van der Waals surface area contributed by atoms with E-state index in [1.165, 1.54) is 16.7 Å². The second-order valence-electron chi connectivity index (χ2n) is 4.75. The van der Waals surface area contributed by atoms with Crippen LogP contribution in [0.3, 0.4) is 0 Å². The van der Waals surface area contributed by atoms with Gasteiger partial charge in [0, 0.05) is 34.4 Å². The molecule has 0 fully saturated rings. The number of halogens is 2. The average molecular weight is 307 g/mol. The standard InChI is InChI=1S/C14H12ClFN4O/c1-7(17)11-6-8-9(15)2-3-10(16)13(8)14(21)20(11)12-4-5-18-19-12/h2-7H,17H2,1H3,(H,18,19)/t7-/m0/s1. The van der Waals surface area contributed by atoms with Crippen LogP contribution in [0.25, 0.3) is 16.6 Å². The number of pyridine rings is 1. The quantitative estimate of drug-likeness (QED) is 0.764. The third kappa shape index (κ3) is 2.12. The van der Waals surface area contributed by atoms with Crippen LogP contribution in [0.5, 0.6) is 0 Å². The number of aromatic nitrogens is 3. The van der Waals surface area contributed by atoms with E-state index in [2.05, 4.69) is 10.2 Å². The first-order valence-electron chi connectivity index (χ1n) is 6.30. The van der Waals surface area contributed by atoms with E-state index in [9.17, 15) is 9.18 Å². The second kappa shape index (κ2) is 4.98. The van der Waals surface area contributed by atoms with Gasteiger partial charge in [-0.3, -0.25) is 14.5 Å². The molecule has 1 aromatic carbocycles. The molecule has 0 saturated heterocycles. The second-order valence-corrected chi connectivity index (χ2v) is 5.16. The smallest absolute Gasteiger partial charge is 0.267 e. The summed E-state index contributed by atoms with van der Waals surface area (Å²) in [7, 11) is 0. The lowest BCUT2D eigenvalue weighted by Crippen LogP contribution is -2.26. The van der Waals surface area contributed by atoms with E-state index in [-0.39, 0.29) is 5.39 Å². The van der Waals surface area contributed by atoms with E-state index in [0.29, 0.717) is 21.9 Å². The molecule has 0 unspecified atom stereocenters. The van der Waals surface area contributed by atoms with Crippen molar-refractivity contribution in [1.29, 1.82) is 0 Å². The fourth-order valence-electron chi connectivity index (χ4n) is 2.32. The number of hydrogen-bond acceptors (Lipinski definition) is 3. The van der Waals surface area contributed by atoms with Gasteiger partial charge in [-0.25, -0.2) is 4.39 Å². The Kier molecular flexibility index (Phi) is 3.27. The molecule has 3 N–H and O–H groups in total. The number of nitrogens with zero attached hydrogens (tertiary/aromatic N) is 2. The van der Waals surface area contributed by atoms with Crippen LogP contribution in [-0.4, -0.2) is 14.8 Å². The lowest BCUT2D eigenvalue weighted by Gasteiger charge is -2.15. The summed E-state index contributed by atoms with van der Waals surface area (Å²) in [5, 5.41) is 7.18. The lowest BCUT2D eigenvalue weighted by molar-refractivity contribution is 0.636. The molecule has 0 spiro atoms. The fourth-order valence-corrected chi connectivity index (χ4v) is 2.53. The lowest BCUT2D eigenvalue weighted by atomic mass is 10.1. The van der Waals surface area contributed by atoms with Gasteiger partial charge in [0.2, 0.25) is 0 Å². The molecule has 0 amide bonds. The van der Waals surface area contributed by atoms with E-state index in [0.717, 1.165) is 0 Å². The van der Waals surface area contributed by atoms with Crippen molar-refractivity contribution in [2.45, 2.75) is 13.0 Å². The fraction of sp³-hybridized carbons (Fsp3) is 0.143. The Hall–Kier alpha value is -2.18. The largest absolute Gasteiger partial charge is 0.323 e. The van der Waals surface area contributed by atoms with Crippen LogP contribution in [0.15, 0.2) is 35.3 Å². The predicted molar refractivity (Wildman–Crippen MR) is 79.3 cm³/mol. The van der Waals surface area contributed by atoms with Crippen LogP contribution >= 0.6 is 11.6 Å². The van der Waals surface area contributed by atoms with Crippen LogP contribution in [0.4, 0.5) is 4.39 Å². The van der Waals surface area contributed by atoms with Gasteiger partial charge < -0.3 is 5.73 Å². The minimum absolute atomic E-state index is 0.0742. The van der Waals surface area contributed by atoms with Gasteiger partial charge in [0.15, 0.2) is 5.82 Å². The molecule has 0 saturated carbocycles. The summed E-state index contributed by atoms with van der Waals surface area (Å²) >= 11 is 6.08. The number of aromatic amines is 1. The van der Waals surface area contributed by atoms with Crippen molar-refractivity contribution in [1.82, 2.24) is 14.8 Å². The number of nitrogens with two attached hydrogens (primary N) is 1. The zero-order valence-corrected chi connectivity index (χ0v) is 11.9. The molecule has 0 bridgehead atoms. The van der Waals surface area contributed by atoms with Gasteiger partial charge in [0.05, 0.1) is 5.39 Å². The van der Waals surface area contributed by atoms with Gasteiger partial charge in [0.25, 0.3) is 5.56 Å². The summed E-state index contributed by atoms with van der Waals surface area (Å²) < 4.78 is 15.3. The Bertz CT molecular complexity index is 871. The van der Waals surface area contributed by atoms with Crippen molar-refractivity contribution < 1.29 is 4.39 Å². The van der Waals surface area contributed by atoms with Gasteiger partial charge in [0.1, 0.15) is 5.82 Å². The number of hydrogen-bond donors (Lipinski definition) is 2. The minimum atomic E-state index is -0.625. The topological polar surface area (TPSA) is 76.7 Å². The number of benzene rings is 1. The van der Waals surface area contributed by atoms with Crippen LogP contribution in [0.1, 0.15) is 18.7 Å². The van der Waals surface area contributed by atoms with Gasteiger partial charge in [-0.2, -0.15) is 5.10 Å². The highest BCUT2D eigenvalue weighted by molar-refractivity contribution is 6.35. The van der Waals surface area contributed by atoms with Gasteiger partial charge in [-0.05, 0) is 25.1 Å². The highest BCUT2D eigenvalue weighted by atomic mass is 35.5. The van der Waals surface area contributed by atoms with Crippen molar-refractivity contribution in [2.24, 2.45) is 5.73 Å². The highest BCUT2D eigenvalue weighted by Gasteiger charge is 2.18. The van der Waals surface area contributed by atoms with Crippen molar-refractivity contribution in [2.75, 3.05) is 0 Å². The Morgan fingerprint density at radius 3 is 2.81 bits per heavy atom. The van der Waals surface area contributed by atoms with Crippen LogP contribution in [0, 0.1) is 5.82 Å². The van der Waals surface area contributed by atoms with E-state index >= 15 is 0 Å². The normalized spacial score (nSPS) is 12.8. The van der Waals surface area contributed by atoms with Gasteiger partial charge in [-0.15, -0.1) is 0 Å². The molecular weight excluding hydrogens is 295 g/mol. The third-order valence-electron chi connectivity index (χ3n) is 3.29. The molecular formula is C14H12ClFN4O. The summed E-state index contributed by atoms with van der Waals surface area (Å²) in [5.41, 5.74) is 5.91. The third-order valence-corrected chi connectivity index (χ3v) is 3.62. The summed E-state index contributed by atoms with van der Waals surface area (Å²) in [6.45, 7) is 1.73. The number of rotatable bonds is 2. The van der Waals surface area contributed by atoms with Crippen molar-refractivity contribution >= 4 is 22.4 Å². The summed E-state index contributed by atoms with van der Waals surface area (Å²) in [4.78, 5) is 12.7. The Morgan fingerprint density at radius 1 is 1.43 bits per heavy atom. The first kappa shape index (κ1) is 13.8. The molecule has 2 aromatic heterocycles. The van der Waals surface area contributed by atoms with Crippen LogP contribution < -0.4 is 11.3 Å². The zero-order valence-electron chi connectivity index (χ0n) is 11.1. The maximum absolute atomic E-state index is 14.1. The maximum atomic E-state index is 14.1. The van der Waals surface area contributed by atoms with E-state index in [1.54, 1.807) is 25.3 Å². The van der Waals surface area contributed by atoms with Crippen molar-refractivity contribution in [3.63, 3.8) is 0 Å². The van der Waals surface area contributed by atoms with E-state index in [4.69, 9.17) is 17.3 Å². The number of fused-ring (bicyclic) bond motifs is 1. The molecule has 5 nitrogen and oxygen atoms in total. The first-order chi connectivity index (χ1) is 10.0.